The van der Waals surface area contributed by atoms with Crippen LogP contribution in [0.5, 0.6) is 5.88 Å². The minimum Gasteiger partial charge on any atom is -0.481 e. The first-order chi connectivity index (χ1) is 12.2. The Bertz CT molecular complexity index is 680. The summed E-state index contributed by atoms with van der Waals surface area (Å²) in [5, 5.41) is 10.6. The summed E-state index contributed by atoms with van der Waals surface area (Å²) in [6.07, 6.45) is 2.12. The molecule has 0 aromatic carbocycles. The van der Waals surface area contributed by atoms with Crippen LogP contribution in [0, 0.1) is 0 Å². The zero-order valence-electron chi connectivity index (χ0n) is 15.4. The number of ether oxygens (including phenoxy) is 1. The molecule has 0 radical (unpaired) electrons. The van der Waals surface area contributed by atoms with Gasteiger partial charge < -0.3 is 19.9 Å². The standard InChI is InChI=1S/C18H27N5O2/c1-5-13(6-2)16-10-15(25-23-16)12-21-18(19-3)20-11-14-8-7-9-17(22-14)24-4/h7-10,13H,5-6,11-12H2,1-4H3,(H2,19,20,21). The molecule has 0 aliphatic rings. The Kier molecular flexibility index (Phi) is 7.25. The first-order valence-corrected chi connectivity index (χ1v) is 8.60. The summed E-state index contributed by atoms with van der Waals surface area (Å²) >= 11 is 0. The number of nitrogens with one attached hydrogen (secondary N) is 2. The van der Waals surface area contributed by atoms with Crippen molar-refractivity contribution in [2.75, 3.05) is 14.2 Å². The smallest absolute Gasteiger partial charge is 0.213 e. The van der Waals surface area contributed by atoms with E-state index in [1.807, 2.05) is 24.3 Å². The fourth-order valence-corrected chi connectivity index (χ4v) is 2.55. The Morgan fingerprint density at radius 2 is 2.00 bits per heavy atom. The number of nitrogens with zero attached hydrogens (tertiary/aromatic N) is 3. The molecule has 2 N–H and O–H groups in total. The number of guanidine groups is 1. The number of aliphatic imine (C=N–C) groups is 1. The van der Waals surface area contributed by atoms with E-state index in [0.29, 0.717) is 30.8 Å². The predicted octanol–water partition coefficient (Wildman–Crippen LogP) is 2.85. The zero-order valence-corrected chi connectivity index (χ0v) is 15.4. The minimum atomic E-state index is 0.453. The molecule has 2 rings (SSSR count). The molecular weight excluding hydrogens is 318 g/mol. The highest BCUT2D eigenvalue weighted by Gasteiger charge is 2.13. The minimum absolute atomic E-state index is 0.453. The van der Waals surface area contributed by atoms with Crippen molar-refractivity contribution in [2.45, 2.75) is 45.7 Å². The van der Waals surface area contributed by atoms with Gasteiger partial charge in [-0.1, -0.05) is 25.1 Å². The molecule has 0 atom stereocenters. The van der Waals surface area contributed by atoms with Crippen molar-refractivity contribution in [3.05, 3.63) is 41.4 Å². The Labute approximate surface area is 148 Å². The SMILES string of the molecule is CCC(CC)c1cc(CNC(=NC)NCc2cccc(OC)n2)on1. The first-order valence-electron chi connectivity index (χ1n) is 8.60. The summed E-state index contributed by atoms with van der Waals surface area (Å²) in [6, 6.07) is 7.67. The summed E-state index contributed by atoms with van der Waals surface area (Å²) in [4.78, 5) is 8.57. The van der Waals surface area contributed by atoms with Crippen LogP contribution in [0.3, 0.4) is 0 Å². The lowest BCUT2D eigenvalue weighted by Gasteiger charge is -2.10. The van der Waals surface area contributed by atoms with Gasteiger partial charge in [0.1, 0.15) is 0 Å². The van der Waals surface area contributed by atoms with Gasteiger partial charge in [0.25, 0.3) is 0 Å². The number of hydrogen-bond donors (Lipinski definition) is 2. The van der Waals surface area contributed by atoms with E-state index in [1.54, 1.807) is 14.2 Å². The molecule has 25 heavy (non-hydrogen) atoms. The van der Waals surface area contributed by atoms with Crippen LogP contribution in [0.1, 0.15) is 49.8 Å². The summed E-state index contributed by atoms with van der Waals surface area (Å²) < 4.78 is 10.5. The third-order valence-electron chi connectivity index (χ3n) is 4.06. The molecule has 2 aromatic rings. The summed E-state index contributed by atoms with van der Waals surface area (Å²) in [7, 11) is 3.33. The van der Waals surface area contributed by atoms with Gasteiger partial charge in [0, 0.05) is 25.1 Å². The molecule has 0 unspecified atom stereocenters. The van der Waals surface area contributed by atoms with Crippen molar-refractivity contribution < 1.29 is 9.26 Å². The van der Waals surface area contributed by atoms with Crippen LogP contribution in [0.25, 0.3) is 0 Å². The predicted molar refractivity (Wildman–Crippen MR) is 97.7 cm³/mol. The lowest BCUT2D eigenvalue weighted by molar-refractivity contribution is 0.368. The highest BCUT2D eigenvalue weighted by Crippen LogP contribution is 2.22. The van der Waals surface area contributed by atoms with E-state index < -0.39 is 0 Å². The number of methoxy groups -OCH3 is 1. The van der Waals surface area contributed by atoms with Crippen molar-refractivity contribution >= 4 is 5.96 Å². The normalized spacial score (nSPS) is 11.6. The van der Waals surface area contributed by atoms with Crippen molar-refractivity contribution in [2.24, 2.45) is 4.99 Å². The first kappa shape index (κ1) is 18.8. The molecule has 0 aliphatic carbocycles. The van der Waals surface area contributed by atoms with Gasteiger partial charge in [0.15, 0.2) is 11.7 Å². The molecule has 0 aliphatic heterocycles. The van der Waals surface area contributed by atoms with Crippen molar-refractivity contribution in [3.8, 4) is 5.88 Å². The summed E-state index contributed by atoms with van der Waals surface area (Å²) in [6.45, 7) is 5.41. The number of aromatic nitrogens is 2. The fourth-order valence-electron chi connectivity index (χ4n) is 2.55. The van der Waals surface area contributed by atoms with Gasteiger partial charge in [-0.2, -0.15) is 0 Å². The van der Waals surface area contributed by atoms with E-state index >= 15 is 0 Å². The molecule has 0 fully saturated rings. The highest BCUT2D eigenvalue weighted by molar-refractivity contribution is 5.79. The topological polar surface area (TPSA) is 84.6 Å². The highest BCUT2D eigenvalue weighted by atomic mass is 16.5. The molecule has 7 nitrogen and oxygen atoms in total. The Balaban J connectivity index is 1.86. The molecule has 0 amide bonds. The van der Waals surface area contributed by atoms with Gasteiger partial charge in [0.05, 0.1) is 31.6 Å². The van der Waals surface area contributed by atoms with E-state index in [-0.39, 0.29) is 0 Å². The molecular formula is C18H27N5O2. The third-order valence-corrected chi connectivity index (χ3v) is 4.06. The molecule has 136 valence electrons. The monoisotopic (exact) mass is 345 g/mol. The van der Waals surface area contributed by atoms with Gasteiger partial charge in [-0.15, -0.1) is 0 Å². The Morgan fingerprint density at radius 3 is 2.68 bits per heavy atom. The van der Waals surface area contributed by atoms with E-state index in [0.717, 1.165) is 30.0 Å². The largest absolute Gasteiger partial charge is 0.481 e. The average molecular weight is 345 g/mol. The van der Waals surface area contributed by atoms with Crippen LogP contribution < -0.4 is 15.4 Å². The molecule has 2 heterocycles. The van der Waals surface area contributed by atoms with Crippen LogP contribution in [0.2, 0.25) is 0 Å². The second-order valence-corrected chi connectivity index (χ2v) is 5.68. The van der Waals surface area contributed by atoms with Gasteiger partial charge in [-0.3, -0.25) is 4.99 Å². The average Bonchev–Trinajstić information content (AvgIpc) is 3.12. The van der Waals surface area contributed by atoms with Crippen LogP contribution in [0.4, 0.5) is 0 Å². The van der Waals surface area contributed by atoms with Crippen LogP contribution >= 0.6 is 0 Å². The Hall–Kier alpha value is -2.57. The van der Waals surface area contributed by atoms with Crippen LogP contribution in [-0.2, 0) is 13.1 Å². The lowest BCUT2D eigenvalue weighted by atomic mass is 9.99. The van der Waals surface area contributed by atoms with Crippen LogP contribution in [-0.4, -0.2) is 30.3 Å². The maximum Gasteiger partial charge on any atom is 0.213 e. The van der Waals surface area contributed by atoms with Gasteiger partial charge in [0.2, 0.25) is 5.88 Å². The van der Waals surface area contributed by atoms with E-state index in [4.69, 9.17) is 9.26 Å². The molecule has 7 heteroatoms. The Morgan fingerprint density at radius 1 is 1.24 bits per heavy atom. The van der Waals surface area contributed by atoms with E-state index in [9.17, 15) is 0 Å². The number of pyridine rings is 1. The van der Waals surface area contributed by atoms with Crippen molar-refractivity contribution in [1.82, 2.24) is 20.8 Å². The molecule has 0 spiro atoms. The number of rotatable bonds is 8. The van der Waals surface area contributed by atoms with Crippen molar-refractivity contribution in [1.29, 1.82) is 0 Å². The molecule has 2 aromatic heterocycles. The molecule has 0 saturated carbocycles. The molecule has 0 bridgehead atoms. The zero-order chi connectivity index (χ0) is 18.1. The fraction of sp³-hybridized carbons (Fsp3) is 0.500. The summed E-state index contributed by atoms with van der Waals surface area (Å²) in [5.41, 5.74) is 1.89. The van der Waals surface area contributed by atoms with Crippen LogP contribution in [0.15, 0.2) is 33.8 Å². The van der Waals surface area contributed by atoms with E-state index in [2.05, 4.69) is 39.6 Å². The van der Waals surface area contributed by atoms with Crippen molar-refractivity contribution in [3.63, 3.8) is 0 Å². The number of hydrogen-bond acceptors (Lipinski definition) is 5. The van der Waals surface area contributed by atoms with Gasteiger partial charge in [-0.05, 0) is 18.9 Å². The van der Waals surface area contributed by atoms with E-state index in [1.165, 1.54) is 0 Å². The second kappa shape index (κ2) is 9.66. The lowest BCUT2D eigenvalue weighted by Crippen LogP contribution is -2.36. The van der Waals surface area contributed by atoms with Gasteiger partial charge in [-0.25, -0.2) is 4.98 Å². The van der Waals surface area contributed by atoms with Gasteiger partial charge >= 0.3 is 0 Å². The molecule has 0 saturated heterocycles. The second-order valence-electron chi connectivity index (χ2n) is 5.68. The summed E-state index contributed by atoms with van der Waals surface area (Å²) in [5.74, 6) is 2.52. The maximum absolute atomic E-state index is 5.41. The quantitative estimate of drug-likeness (QED) is 0.565. The third kappa shape index (κ3) is 5.48. The maximum atomic E-state index is 5.41.